The van der Waals surface area contributed by atoms with Crippen LogP contribution in [0.1, 0.15) is 61.0 Å². The highest BCUT2D eigenvalue weighted by Crippen LogP contribution is 2.36. The minimum atomic E-state index is -2.58. The average Bonchev–Trinajstić information content (AvgIpc) is 2.82. The Morgan fingerprint density at radius 2 is 1.47 bits per heavy atom. The minimum absolute atomic E-state index is 0.0524. The van der Waals surface area contributed by atoms with Gasteiger partial charge in [-0.25, -0.2) is 8.78 Å². The maximum atomic E-state index is 13.5. The zero-order valence-corrected chi connectivity index (χ0v) is 18.5. The number of alkyl halides is 2. The van der Waals surface area contributed by atoms with E-state index in [2.05, 4.69) is 11.8 Å². The Labute approximate surface area is 188 Å². The number of carbonyl (C=O) groups excluding carboxylic acids is 1. The van der Waals surface area contributed by atoms with Crippen molar-refractivity contribution < 1.29 is 18.3 Å². The van der Waals surface area contributed by atoms with E-state index in [-0.39, 0.29) is 30.6 Å². The molecule has 32 heavy (non-hydrogen) atoms. The molecule has 0 radical (unpaired) electrons. The highest BCUT2D eigenvalue weighted by atomic mass is 19.3. The fourth-order valence-electron chi connectivity index (χ4n) is 3.94. The molecule has 0 aliphatic carbocycles. The number of hydrogen-bond donors (Lipinski definition) is 0. The molecule has 2 unspecified atom stereocenters. The predicted octanol–water partition coefficient (Wildman–Crippen LogP) is 6.88. The molecule has 0 heterocycles. The molecule has 5 heteroatoms. The largest absolute Gasteiger partial charge is 0.466 e. The first-order valence-corrected chi connectivity index (χ1v) is 10.9. The highest BCUT2D eigenvalue weighted by molar-refractivity contribution is 5.70. The van der Waals surface area contributed by atoms with Crippen molar-refractivity contribution in [3.05, 3.63) is 107 Å². The van der Waals surface area contributed by atoms with Gasteiger partial charge >= 0.3 is 5.97 Å². The maximum absolute atomic E-state index is 13.5. The van der Waals surface area contributed by atoms with Crippen LogP contribution in [0.3, 0.4) is 0 Å². The zero-order valence-electron chi connectivity index (χ0n) is 18.5. The van der Waals surface area contributed by atoms with Crippen LogP contribution in [-0.4, -0.2) is 17.5 Å². The molecule has 3 aromatic rings. The van der Waals surface area contributed by atoms with Gasteiger partial charge in [0.05, 0.1) is 13.0 Å². The van der Waals surface area contributed by atoms with Crippen molar-refractivity contribution in [1.29, 1.82) is 0 Å². The van der Waals surface area contributed by atoms with Crippen molar-refractivity contribution in [2.75, 3.05) is 6.61 Å². The van der Waals surface area contributed by atoms with Crippen LogP contribution in [0.5, 0.6) is 0 Å². The summed E-state index contributed by atoms with van der Waals surface area (Å²) in [5.41, 5.74) is 2.79. The lowest BCUT2D eigenvalue weighted by Gasteiger charge is -2.37. The topological polar surface area (TPSA) is 29.5 Å². The third kappa shape index (κ3) is 6.24. The van der Waals surface area contributed by atoms with Crippen molar-refractivity contribution >= 4 is 5.97 Å². The first kappa shape index (κ1) is 23.6. The molecule has 0 aliphatic rings. The molecule has 0 fully saturated rings. The second-order valence-corrected chi connectivity index (χ2v) is 7.74. The summed E-state index contributed by atoms with van der Waals surface area (Å²) < 4.78 is 32.2. The number of hydrogen-bond acceptors (Lipinski definition) is 3. The normalized spacial score (nSPS) is 13.2. The van der Waals surface area contributed by atoms with Crippen LogP contribution < -0.4 is 0 Å². The lowest BCUT2D eigenvalue weighted by molar-refractivity contribution is -0.145. The van der Waals surface area contributed by atoms with Crippen LogP contribution in [-0.2, 0) is 16.1 Å². The van der Waals surface area contributed by atoms with Crippen molar-refractivity contribution in [3.8, 4) is 0 Å². The molecule has 0 saturated carbocycles. The van der Waals surface area contributed by atoms with Gasteiger partial charge in [-0.05, 0) is 36.6 Å². The molecule has 3 aromatic carbocycles. The first-order chi connectivity index (χ1) is 15.5. The van der Waals surface area contributed by atoms with Crippen LogP contribution >= 0.6 is 0 Å². The van der Waals surface area contributed by atoms with Gasteiger partial charge in [0.1, 0.15) is 0 Å². The number of carbonyl (C=O) groups is 1. The van der Waals surface area contributed by atoms with Crippen molar-refractivity contribution in [1.82, 2.24) is 4.90 Å². The Kier molecular flexibility index (Phi) is 8.51. The van der Waals surface area contributed by atoms with E-state index in [9.17, 15) is 13.6 Å². The summed E-state index contributed by atoms with van der Waals surface area (Å²) in [5.74, 6) is -0.349. The van der Waals surface area contributed by atoms with Crippen molar-refractivity contribution in [2.45, 2.75) is 45.3 Å². The fourth-order valence-corrected chi connectivity index (χ4v) is 3.94. The van der Waals surface area contributed by atoms with Crippen LogP contribution in [0.25, 0.3) is 0 Å². The van der Waals surface area contributed by atoms with E-state index < -0.39 is 12.5 Å². The maximum Gasteiger partial charge on any atom is 0.307 e. The molecule has 3 nitrogen and oxygen atoms in total. The highest BCUT2D eigenvalue weighted by Gasteiger charge is 2.29. The second kappa shape index (κ2) is 11.5. The molecule has 0 aliphatic heterocycles. The molecule has 2 atom stereocenters. The summed E-state index contributed by atoms with van der Waals surface area (Å²) in [5, 5.41) is 0. The van der Waals surface area contributed by atoms with E-state index in [1.807, 2.05) is 66.7 Å². The molecule has 3 rings (SSSR count). The van der Waals surface area contributed by atoms with E-state index in [1.165, 1.54) is 12.1 Å². The van der Waals surface area contributed by atoms with Gasteiger partial charge in [0, 0.05) is 24.2 Å². The minimum Gasteiger partial charge on any atom is -0.466 e. The number of esters is 1. The van der Waals surface area contributed by atoms with Crippen LogP contribution in [0.4, 0.5) is 8.78 Å². The number of rotatable bonds is 10. The van der Waals surface area contributed by atoms with Gasteiger partial charge in [-0.1, -0.05) is 78.9 Å². The van der Waals surface area contributed by atoms with E-state index in [1.54, 1.807) is 13.0 Å². The monoisotopic (exact) mass is 437 g/mol. The number of ether oxygens (including phenoxy) is 1. The van der Waals surface area contributed by atoms with Crippen LogP contribution in [0.15, 0.2) is 84.9 Å². The van der Waals surface area contributed by atoms with Crippen LogP contribution in [0, 0.1) is 0 Å². The molecule has 0 spiro atoms. The molecule has 0 saturated heterocycles. The quantitative estimate of drug-likeness (QED) is 0.324. The fraction of sp³-hybridized carbons (Fsp3) is 0.296. The van der Waals surface area contributed by atoms with Gasteiger partial charge < -0.3 is 4.74 Å². The van der Waals surface area contributed by atoms with Crippen molar-refractivity contribution in [2.24, 2.45) is 0 Å². The third-order valence-corrected chi connectivity index (χ3v) is 5.60. The number of halogens is 2. The number of nitrogens with zero attached hydrogens (tertiary/aromatic N) is 1. The summed E-state index contributed by atoms with van der Waals surface area (Å²) >= 11 is 0. The molecular formula is C27H29F2NO2. The van der Waals surface area contributed by atoms with E-state index >= 15 is 0 Å². The molecule has 168 valence electrons. The SMILES string of the molecule is CCOC(=O)CC(c1cccc(C(F)F)c1)N(Cc1ccccc1)C(C)c1ccccc1. The van der Waals surface area contributed by atoms with E-state index in [0.717, 1.165) is 11.1 Å². The van der Waals surface area contributed by atoms with Gasteiger partial charge in [-0.15, -0.1) is 0 Å². The summed E-state index contributed by atoms with van der Waals surface area (Å²) in [6.07, 6.45) is -2.50. The van der Waals surface area contributed by atoms with Gasteiger partial charge in [0.25, 0.3) is 6.43 Å². The van der Waals surface area contributed by atoms with Gasteiger partial charge in [0.2, 0.25) is 0 Å². The summed E-state index contributed by atoms with van der Waals surface area (Å²) in [6, 6.07) is 25.8. The Balaban J connectivity index is 2.06. The standard InChI is InChI=1S/C27H29F2NO2/c1-3-32-26(31)18-25(23-15-10-16-24(17-23)27(28)29)30(19-21-11-6-4-7-12-21)20(2)22-13-8-5-9-14-22/h4-17,20,25,27H,3,18-19H2,1-2H3. The van der Waals surface area contributed by atoms with E-state index in [0.29, 0.717) is 12.1 Å². The predicted molar refractivity (Wildman–Crippen MR) is 122 cm³/mol. The van der Waals surface area contributed by atoms with Crippen LogP contribution in [0.2, 0.25) is 0 Å². The van der Waals surface area contributed by atoms with Gasteiger partial charge in [0.15, 0.2) is 0 Å². The Hall–Kier alpha value is -3.05. The lowest BCUT2D eigenvalue weighted by atomic mass is 9.95. The average molecular weight is 438 g/mol. The Morgan fingerprint density at radius 1 is 0.875 bits per heavy atom. The molecule has 0 bridgehead atoms. The first-order valence-electron chi connectivity index (χ1n) is 10.9. The summed E-state index contributed by atoms with van der Waals surface area (Å²) in [4.78, 5) is 14.8. The van der Waals surface area contributed by atoms with Gasteiger partial charge in [-0.3, -0.25) is 9.69 Å². The summed E-state index contributed by atoms with van der Waals surface area (Å²) in [7, 11) is 0. The number of benzene rings is 3. The zero-order chi connectivity index (χ0) is 22.9. The molecule has 0 aromatic heterocycles. The Morgan fingerprint density at radius 3 is 2.09 bits per heavy atom. The second-order valence-electron chi connectivity index (χ2n) is 7.74. The van der Waals surface area contributed by atoms with Gasteiger partial charge in [-0.2, -0.15) is 0 Å². The third-order valence-electron chi connectivity index (χ3n) is 5.60. The van der Waals surface area contributed by atoms with E-state index in [4.69, 9.17) is 4.74 Å². The Bertz CT molecular complexity index is 979. The molecular weight excluding hydrogens is 408 g/mol. The van der Waals surface area contributed by atoms with Crippen molar-refractivity contribution in [3.63, 3.8) is 0 Å². The summed E-state index contributed by atoms with van der Waals surface area (Å²) in [6.45, 7) is 4.67. The lowest BCUT2D eigenvalue weighted by Crippen LogP contribution is -2.33. The molecule has 0 amide bonds. The smallest absolute Gasteiger partial charge is 0.307 e. The molecule has 0 N–H and O–H groups in total.